The van der Waals surface area contributed by atoms with Gasteiger partial charge in [-0.1, -0.05) is 48.0 Å². The Hall–Kier alpha value is -3.39. The number of anilines is 1. The molecule has 0 saturated carbocycles. The van der Waals surface area contributed by atoms with Crippen molar-refractivity contribution in [3.05, 3.63) is 89.4 Å². The predicted octanol–water partition coefficient (Wildman–Crippen LogP) is 3.95. The molecule has 1 N–H and O–H groups in total. The molecule has 0 fully saturated rings. The van der Waals surface area contributed by atoms with Crippen molar-refractivity contribution in [3.63, 3.8) is 0 Å². The average molecular weight is 423 g/mol. The molecule has 1 atom stereocenters. The van der Waals surface area contributed by atoms with Crippen LogP contribution >= 0.6 is 0 Å². The molecule has 0 saturated heterocycles. The number of rotatable bonds is 5. The number of carbonyl (C=O) groups is 1. The standard InChI is InChI=1S/C22H21N3O4S/c1-15-9-11-16(12-10-15)19-14-20(25(23-19)22(26)21-8-5-13-29-21)17-6-3-4-7-18(17)24-30(2,27)28/h3-13,20,24H,14H2,1-2H3. The molecule has 1 aromatic heterocycles. The van der Waals surface area contributed by atoms with Gasteiger partial charge in [-0.25, -0.2) is 13.4 Å². The second kappa shape index (κ2) is 7.79. The minimum absolute atomic E-state index is 0.169. The molecule has 2 heterocycles. The topological polar surface area (TPSA) is 92.0 Å². The van der Waals surface area contributed by atoms with Crippen LogP contribution < -0.4 is 4.72 Å². The fourth-order valence-corrected chi connectivity index (χ4v) is 4.04. The van der Waals surface area contributed by atoms with Gasteiger partial charge in [0.2, 0.25) is 10.0 Å². The second-order valence-electron chi connectivity index (χ2n) is 7.22. The maximum Gasteiger partial charge on any atom is 0.310 e. The number of sulfonamides is 1. The molecule has 0 aliphatic carbocycles. The summed E-state index contributed by atoms with van der Waals surface area (Å²) >= 11 is 0. The van der Waals surface area contributed by atoms with Crippen LogP contribution in [-0.4, -0.2) is 31.3 Å². The van der Waals surface area contributed by atoms with E-state index >= 15 is 0 Å². The van der Waals surface area contributed by atoms with Gasteiger partial charge < -0.3 is 4.42 Å². The number of benzene rings is 2. The van der Waals surface area contributed by atoms with Crippen LogP contribution in [0.25, 0.3) is 0 Å². The van der Waals surface area contributed by atoms with Gasteiger partial charge in [0.25, 0.3) is 0 Å². The predicted molar refractivity (Wildman–Crippen MR) is 115 cm³/mol. The average Bonchev–Trinajstić information content (AvgIpc) is 3.38. The van der Waals surface area contributed by atoms with E-state index in [2.05, 4.69) is 9.82 Å². The Labute approximate surface area is 175 Å². The summed E-state index contributed by atoms with van der Waals surface area (Å²) in [5, 5.41) is 5.97. The molecule has 2 aromatic carbocycles. The van der Waals surface area contributed by atoms with Crippen LogP contribution in [0.15, 0.2) is 76.4 Å². The van der Waals surface area contributed by atoms with Gasteiger partial charge in [-0.15, -0.1) is 0 Å². The van der Waals surface area contributed by atoms with Crippen molar-refractivity contribution in [1.82, 2.24) is 5.01 Å². The summed E-state index contributed by atoms with van der Waals surface area (Å²) in [6, 6.07) is 17.7. The van der Waals surface area contributed by atoms with E-state index in [1.165, 1.54) is 11.3 Å². The molecule has 1 aliphatic heterocycles. The van der Waals surface area contributed by atoms with E-state index in [0.29, 0.717) is 17.7 Å². The van der Waals surface area contributed by atoms with Gasteiger partial charge in [-0.2, -0.15) is 5.10 Å². The molecule has 1 amide bonds. The van der Waals surface area contributed by atoms with Gasteiger partial charge in [0, 0.05) is 12.0 Å². The lowest BCUT2D eigenvalue weighted by atomic mass is 9.97. The second-order valence-corrected chi connectivity index (χ2v) is 8.97. The van der Waals surface area contributed by atoms with Crippen molar-refractivity contribution in [2.45, 2.75) is 19.4 Å². The van der Waals surface area contributed by atoms with Crippen molar-refractivity contribution in [2.75, 3.05) is 11.0 Å². The molecular formula is C22H21N3O4S. The minimum Gasteiger partial charge on any atom is -0.459 e. The van der Waals surface area contributed by atoms with Gasteiger partial charge in [0.1, 0.15) is 0 Å². The number of hydrogen-bond donors (Lipinski definition) is 1. The molecule has 0 spiro atoms. The zero-order valence-electron chi connectivity index (χ0n) is 16.6. The number of aryl methyl sites for hydroxylation is 1. The summed E-state index contributed by atoms with van der Waals surface area (Å²) in [7, 11) is -3.49. The maximum atomic E-state index is 13.1. The van der Waals surface area contributed by atoms with Crippen LogP contribution in [0.5, 0.6) is 0 Å². The Bertz CT molecular complexity index is 1200. The van der Waals surface area contributed by atoms with Crippen LogP contribution in [0.4, 0.5) is 5.69 Å². The van der Waals surface area contributed by atoms with Crippen molar-refractivity contribution < 1.29 is 17.6 Å². The van der Waals surface area contributed by atoms with Crippen LogP contribution in [0.3, 0.4) is 0 Å². The number of furan rings is 1. The summed E-state index contributed by atoms with van der Waals surface area (Å²) in [6.45, 7) is 2.00. The molecule has 1 aliphatic rings. The first-order valence-electron chi connectivity index (χ1n) is 9.40. The summed E-state index contributed by atoms with van der Waals surface area (Å²) in [5.41, 5.74) is 3.86. The molecule has 7 nitrogen and oxygen atoms in total. The fourth-order valence-electron chi connectivity index (χ4n) is 3.45. The van der Waals surface area contributed by atoms with E-state index in [0.717, 1.165) is 23.1 Å². The van der Waals surface area contributed by atoms with Gasteiger partial charge in [0.05, 0.1) is 30.0 Å². The highest BCUT2D eigenvalue weighted by Gasteiger charge is 2.36. The quantitative estimate of drug-likeness (QED) is 0.673. The molecule has 154 valence electrons. The smallest absolute Gasteiger partial charge is 0.310 e. The minimum atomic E-state index is -3.49. The molecule has 1 unspecified atom stereocenters. The van der Waals surface area contributed by atoms with Gasteiger partial charge >= 0.3 is 5.91 Å². The van der Waals surface area contributed by atoms with Crippen molar-refractivity contribution in [3.8, 4) is 0 Å². The third kappa shape index (κ3) is 4.13. The first-order chi connectivity index (χ1) is 14.3. The Kier molecular flexibility index (Phi) is 5.17. The van der Waals surface area contributed by atoms with Crippen LogP contribution in [-0.2, 0) is 10.0 Å². The zero-order chi connectivity index (χ0) is 21.3. The first kappa shape index (κ1) is 19.9. The number of nitrogens with zero attached hydrogens (tertiary/aromatic N) is 2. The highest BCUT2D eigenvalue weighted by molar-refractivity contribution is 7.92. The lowest BCUT2D eigenvalue weighted by Crippen LogP contribution is -2.27. The van der Waals surface area contributed by atoms with E-state index in [-0.39, 0.29) is 11.7 Å². The van der Waals surface area contributed by atoms with E-state index < -0.39 is 16.1 Å². The van der Waals surface area contributed by atoms with Crippen LogP contribution in [0, 0.1) is 6.92 Å². The molecule has 3 aromatic rings. The monoisotopic (exact) mass is 423 g/mol. The number of carbonyl (C=O) groups excluding carboxylic acids is 1. The lowest BCUT2D eigenvalue weighted by Gasteiger charge is -2.23. The van der Waals surface area contributed by atoms with Gasteiger partial charge in [-0.3, -0.25) is 9.52 Å². The summed E-state index contributed by atoms with van der Waals surface area (Å²) in [5.74, 6) is -0.219. The van der Waals surface area contributed by atoms with E-state index in [1.807, 2.05) is 37.3 Å². The molecule has 4 rings (SSSR count). The van der Waals surface area contributed by atoms with E-state index in [4.69, 9.17) is 4.42 Å². The number of nitrogens with one attached hydrogen (secondary N) is 1. The highest BCUT2D eigenvalue weighted by Crippen LogP contribution is 2.37. The third-order valence-corrected chi connectivity index (χ3v) is 5.44. The van der Waals surface area contributed by atoms with Crippen LogP contribution in [0.1, 0.15) is 39.7 Å². The Morgan fingerprint density at radius 2 is 1.83 bits per heavy atom. The molecule has 0 radical (unpaired) electrons. The van der Waals surface area contributed by atoms with E-state index in [1.54, 1.807) is 30.3 Å². The van der Waals surface area contributed by atoms with Gasteiger partial charge in [-0.05, 0) is 30.7 Å². The maximum absolute atomic E-state index is 13.1. The summed E-state index contributed by atoms with van der Waals surface area (Å²) in [4.78, 5) is 13.1. The van der Waals surface area contributed by atoms with Crippen molar-refractivity contribution >= 4 is 27.3 Å². The van der Waals surface area contributed by atoms with Crippen molar-refractivity contribution in [2.24, 2.45) is 5.10 Å². The van der Waals surface area contributed by atoms with Crippen molar-refractivity contribution in [1.29, 1.82) is 0 Å². The van der Waals surface area contributed by atoms with Gasteiger partial charge in [0.15, 0.2) is 5.76 Å². The fraction of sp³-hybridized carbons (Fsp3) is 0.182. The SMILES string of the molecule is Cc1ccc(C2=NN(C(=O)c3ccco3)C(c3ccccc3NS(C)(=O)=O)C2)cc1. The number of amides is 1. The Morgan fingerprint density at radius 3 is 2.50 bits per heavy atom. The highest BCUT2D eigenvalue weighted by atomic mass is 32.2. The number of para-hydroxylation sites is 1. The number of hydrazone groups is 1. The first-order valence-corrected chi connectivity index (χ1v) is 11.3. The lowest BCUT2D eigenvalue weighted by molar-refractivity contribution is 0.0679. The summed E-state index contributed by atoms with van der Waals surface area (Å²) in [6.07, 6.45) is 2.97. The number of hydrogen-bond acceptors (Lipinski definition) is 5. The molecule has 30 heavy (non-hydrogen) atoms. The Balaban J connectivity index is 1.77. The molecule has 8 heteroatoms. The third-order valence-electron chi connectivity index (χ3n) is 4.85. The molecular weight excluding hydrogens is 402 g/mol. The zero-order valence-corrected chi connectivity index (χ0v) is 17.4. The molecule has 0 bridgehead atoms. The normalized spacial score (nSPS) is 16.4. The van der Waals surface area contributed by atoms with E-state index in [9.17, 15) is 13.2 Å². The van der Waals surface area contributed by atoms with Crippen LogP contribution in [0.2, 0.25) is 0 Å². The largest absolute Gasteiger partial charge is 0.459 e. The Morgan fingerprint density at radius 1 is 1.10 bits per heavy atom. The summed E-state index contributed by atoms with van der Waals surface area (Å²) < 4.78 is 31.5.